The molecule has 0 aliphatic heterocycles. The fourth-order valence-corrected chi connectivity index (χ4v) is 1.88. The summed E-state index contributed by atoms with van der Waals surface area (Å²) in [4.78, 5) is 10.7. The van der Waals surface area contributed by atoms with E-state index >= 15 is 0 Å². The normalized spacial score (nSPS) is 18.3. The number of fused-ring (bicyclic) bond motifs is 1. The number of aliphatic carboxylic acids is 1. The molecule has 0 amide bonds. The highest BCUT2D eigenvalue weighted by Crippen LogP contribution is 2.38. The third-order valence-electron chi connectivity index (χ3n) is 2.74. The summed E-state index contributed by atoms with van der Waals surface area (Å²) in [6.45, 7) is 1.91. The van der Waals surface area contributed by atoms with Gasteiger partial charge in [0, 0.05) is 11.9 Å². The SMILES string of the molecule is COc1cc2c(cc1C)[C@@H](C(=O)[O-])C2. The third-order valence-corrected chi connectivity index (χ3v) is 2.74. The van der Waals surface area contributed by atoms with E-state index in [9.17, 15) is 9.90 Å². The molecule has 0 radical (unpaired) electrons. The van der Waals surface area contributed by atoms with Gasteiger partial charge in [0.05, 0.1) is 7.11 Å². The first-order valence-corrected chi connectivity index (χ1v) is 4.51. The monoisotopic (exact) mass is 191 g/mol. The molecule has 0 fully saturated rings. The van der Waals surface area contributed by atoms with E-state index < -0.39 is 11.9 Å². The molecule has 0 aromatic heterocycles. The lowest BCUT2D eigenvalue weighted by Gasteiger charge is -2.31. The molecule has 74 valence electrons. The van der Waals surface area contributed by atoms with Crippen molar-refractivity contribution in [3.63, 3.8) is 0 Å². The van der Waals surface area contributed by atoms with Crippen molar-refractivity contribution in [2.24, 2.45) is 0 Å². The van der Waals surface area contributed by atoms with Gasteiger partial charge in [0.25, 0.3) is 0 Å². The Hall–Kier alpha value is -1.51. The largest absolute Gasteiger partial charge is 0.549 e. The van der Waals surface area contributed by atoms with Crippen molar-refractivity contribution in [2.75, 3.05) is 7.11 Å². The molecule has 0 spiro atoms. The van der Waals surface area contributed by atoms with Gasteiger partial charge < -0.3 is 14.6 Å². The van der Waals surface area contributed by atoms with Gasteiger partial charge >= 0.3 is 0 Å². The zero-order chi connectivity index (χ0) is 10.3. The maximum atomic E-state index is 10.7. The second-order valence-electron chi connectivity index (χ2n) is 3.60. The molecule has 0 saturated carbocycles. The van der Waals surface area contributed by atoms with Crippen molar-refractivity contribution in [2.45, 2.75) is 19.3 Å². The summed E-state index contributed by atoms with van der Waals surface area (Å²) >= 11 is 0. The van der Waals surface area contributed by atoms with Gasteiger partial charge in [0.15, 0.2) is 0 Å². The number of aryl methyl sites for hydroxylation is 1. The van der Waals surface area contributed by atoms with Gasteiger partial charge in [0.1, 0.15) is 5.75 Å². The van der Waals surface area contributed by atoms with Gasteiger partial charge in [-0.05, 0) is 36.1 Å². The van der Waals surface area contributed by atoms with Gasteiger partial charge in [-0.15, -0.1) is 0 Å². The van der Waals surface area contributed by atoms with E-state index in [0.29, 0.717) is 6.42 Å². The van der Waals surface area contributed by atoms with Crippen LogP contribution in [-0.4, -0.2) is 13.1 Å². The van der Waals surface area contributed by atoms with Crippen molar-refractivity contribution in [3.05, 3.63) is 28.8 Å². The van der Waals surface area contributed by atoms with Gasteiger partial charge in [-0.3, -0.25) is 0 Å². The number of methoxy groups -OCH3 is 1. The molecule has 0 bridgehead atoms. The summed E-state index contributed by atoms with van der Waals surface area (Å²) in [6, 6.07) is 3.78. The van der Waals surface area contributed by atoms with Crippen LogP contribution in [0.3, 0.4) is 0 Å². The Balaban J connectivity index is 2.40. The summed E-state index contributed by atoms with van der Waals surface area (Å²) in [5, 5.41) is 10.7. The van der Waals surface area contributed by atoms with E-state index in [1.165, 1.54) is 0 Å². The van der Waals surface area contributed by atoms with Crippen LogP contribution in [0.5, 0.6) is 5.75 Å². The Bertz CT molecular complexity index is 396. The van der Waals surface area contributed by atoms with Crippen LogP contribution in [0.4, 0.5) is 0 Å². The van der Waals surface area contributed by atoms with Crippen LogP contribution in [0.2, 0.25) is 0 Å². The summed E-state index contributed by atoms with van der Waals surface area (Å²) in [6.07, 6.45) is 0.564. The molecule has 14 heavy (non-hydrogen) atoms. The number of carboxylic acids is 1. The molecule has 0 N–H and O–H groups in total. The standard InChI is InChI=1S/C11H12O3/c1-6-3-8-7(5-10(6)14-2)4-9(8)11(12)13/h3,5,9H,4H2,1-2H3,(H,12,13)/p-1/t9-/m0/s1. The summed E-state index contributed by atoms with van der Waals surface area (Å²) in [5.41, 5.74) is 2.90. The molecule has 0 heterocycles. The zero-order valence-electron chi connectivity index (χ0n) is 8.16. The minimum Gasteiger partial charge on any atom is -0.549 e. The average molecular weight is 191 g/mol. The minimum absolute atomic E-state index is 0.422. The first kappa shape index (κ1) is 9.06. The lowest BCUT2D eigenvalue weighted by Crippen LogP contribution is -2.36. The van der Waals surface area contributed by atoms with Crippen LogP contribution in [0.1, 0.15) is 22.6 Å². The second-order valence-corrected chi connectivity index (χ2v) is 3.60. The van der Waals surface area contributed by atoms with Crippen molar-refractivity contribution in [1.82, 2.24) is 0 Å². The first-order valence-electron chi connectivity index (χ1n) is 4.51. The fraction of sp³-hybridized carbons (Fsp3) is 0.364. The van der Waals surface area contributed by atoms with Gasteiger partial charge in [-0.25, -0.2) is 0 Å². The Labute approximate surface area is 82.3 Å². The number of carboxylic acid groups (broad SMARTS) is 1. The Morgan fingerprint density at radius 2 is 2.29 bits per heavy atom. The van der Waals surface area contributed by atoms with Crippen LogP contribution in [0, 0.1) is 6.92 Å². The number of hydrogen-bond acceptors (Lipinski definition) is 3. The zero-order valence-corrected chi connectivity index (χ0v) is 8.16. The highest BCUT2D eigenvalue weighted by atomic mass is 16.5. The maximum absolute atomic E-state index is 10.7. The number of benzene rings is 1. The van der Waals surface area contributed by atoms with Crippen molar-refractivity contribution in [3.8, 4) is 5.75 Å². The lowest BCUT2D eigenvalue weighted by molar-refractivity contribution is -0.308. The van der Waals surface area contributed by atoms with Gasteiger partial charge in [0.2, 0.25) is 0 Å². The van der Waals surface area contributed by atoms with Gasteiger partial charge in [-0.1, -0.05) is 6.07 Å². The first-order chi connectivity index (χ1) is 6.63. The molecule has 2 rings (SSSR count). The molecule has 0 saturated heterocycles. The number of carbonyl (C=O) groups excluding carboxylic acids is 1. The number of hydrogen-bond donors (Lipinski definition) is 0. The van der Waals surface area contributed by atoms with Crippen molar-refractivity contribution >= 4 is 5.97 Å². The Kier molecular flexibility index (Phi) is 1.95. The molecule has 1 aliphatic carbocycles. The molecule has 1 atom stereocenters. The predicted octanol–water partition coefficient (Wildman–Crippen LogP) is 0.393. The second kappa shape index (κ2) is 3.01. The molecule has 1 aromatic carbocycles. The Morgan fingerprint density at radius 3 is 2.86 bits per heavy atom. The number of ether oxygens (including phenoxy) is 1. The smallest absolute Gasteiger partial charge is 0.122 e. The summed E-state index contributed by atoms with van der Waals surface area (Å²) in [5.74, 6) is -0.586. The third kappa shape index (κ3) is 1.16. The molecule has 3 nitrogen and oxygen atoms in total. The number of rotatable bonds is 2. The topological polar surface area (TPSA) is 49.4 Å². The highest BCUT2D eigenvalue weighted by Gasteiger charge is 2.28. The van der Waals surface area contributed by atoms with Crippen LogP contribution in [0.15, 0.2) is 12.1 Å². The van der Waals surface area contributed by atoms with E-state index in [2.05, 4.69) is 0 Å². The van der Waals surface area contributed by atoms with Crippen LogP contribution < -0.4 is 9.84 Å². The Morgan fingerprint density at radius 1 is 1.57 bits per heavy atom. The van der Waals surface area contributed by atoms with E-state index in [1.807, 2.05) is 19.1 Å². The molecular formula is C11H11O3-. The quantitative estimate of drug-likeness (QED) is 0.679. The van der Waals surface area contributed by atoms with E-state index in [0.717, 1.165) is 22.4 Å². The van der Waals surface area contributed by atoms with Gasteiger partial charge in [-0.2, -0.15) is 0 Å². The maximum Gasteiger partial charge on any atom is 0.122 e. The number of carbonyl (C=O) groups is 1. The van der Waals surface area contributed by atoms with Crippen molar-refractivity contribution in [1.29, 1.82) is 0 Å². The lowest BCUT2D eigenvalue weighted by atomic mass is 9.77. The van der Waals surface area contributed by atoms with E-state index in [-0.39, 0.29) is 0 Å². The van der Waals surface area contributed by atoms with E-state index in [1.54, 1.807) is 7.11 Å². The average Bonchev–Trinajstić information content (AvgIpc) is 2.10. The summed E-state index contributed by atoms with van der Waals surface area (Å²) < 4.78 is 5.15. The highest BCUT2D eigenvalue weighted by molar-refractivity contribution is 5.79. The van der Waals surface area contributed by atoms with Crippen LogP contribution in [0.25, 0.3) is 0 Å². The van der Waals surface area contributed by atoms with E-state index in [4.69, 9.17) is 4.74 Å². The predicted molar refractivity (Wildman–Crippen MR) is 49.2 cm³/mol. The molecular weight excluding hydrogens is 180 g/mol. The minimum atomic E-state index is -0.984. The summed E-state index contributed by atoms with van der Waals surface area (Å²) in [7, 11) is 1.61. The molecule has 3 heteroatoms. The molecule has 0 unspecified atom stereocenters. The fourth-order valence-electron chi connectivity index (χ4n) is 1.88. The van der Waals surface area contributed by atoms with Crippen LogP contribution in [-0.2, 0) is 11.2 Å². The van der Waals surface area contributed by atoms with Crippen LogP contribution >= 0.6 is 0 Å². The molecule has 1 aromatic rings. The van der Waals surface area contributed by atoms with Crippen molar-refractivity contribution < 1.29 is 14.6 Å². The molecule has 1 aliphatic rings.